The lowest BCUT2D eigenvalue weighted by molar-refractivity contribution is 0.0985. The molecule has 3 aromatic rings. The van der Waals surface area contributed by atoms with Gasteiger partial charge in [0.05, 0.1) is 11.9 Å². The Morgan fingerprint density at radius 3 is 2.59 bits per heavy atom. The lowest BCUT2D eigenvalue weighted by Gasteiger charge is -2.25. The number of hydrogen-bond donors (Lipinski definition) is 0. The number of rotatable bonds is 2. The van der Waals surface area contributed by atoms with Gasteiger partial charge in [-0.15, -0.1) is 0 Å². The average Bonchev–Trinajstić information content (AvgIpc) is 3.44. The molecule has 0 radical (unpaired) electrons. The van der Waals surface area contributed by atoms with Gasteiger partial charge in [0.1, 0.15) is 5.82 Å². The maximum Gasteiger partial charge on any atom is 0.258 e. The first kappa shape index (κ1) is 16.2. The van der Waals surface area contributed by atoms with E-state index in [1.165, 1.54) is 12.5 Å². The standard InChI is InChI=1S/C22H19FN2O2/c23-17-4-3-5-18-20(17)22(10-1-2-11-22)13-25(18)21(26)16-8-6-15(7-9-16)19-12-24-14-27-19/h3-9,12,14H,1-2,10-11,13H2. The molecule has 5 rings (SSSR count). The summed E-state index contributed by atoms with van der Waals surface area (Å²) in [6.07, 6.45) is 7.07. The van der Waals surface area contributed by atoms with E-state index in [1.807, 2.05) is 18.2 Å². The Hall–Kier alpha value is -2.95. The summed E-state index contributed by atoms with van der Waals surface area (Å²) in [5.74, 6) is 0.382. The van der Waals surface area contributed by atoms with Crippen LogP contribution in [0.25, 0.3) is 11.3 Å². The summed E-state index contributed by atoms with van der Waals surface area (Å²) in [7, 11) is 0. The van der Waals surface area contributed by atoms with Crippen LogP contribution in [0.15, 0.2) is 59.5 Å². The minimum atomic E-state index is -0.226. The van der Waals surface area contributed by atoms with Gasteiger partial charge in [0.2, 0.25) is 0 Å². The molecular weight excluding hydrogens is 343 g/mol. The summed E-state index contributed by atoms with van der Waals surface area (Å²) in [5.41, 5.74) is 2.68. The summed E-state index contributed by atoms with van der Waals surface area (Å²) in [4.78, 5) is 18.9. The fourth-order valence-corrected chi connectivity index (χ4v) is 4.66. The highest BCUT2D eigenvalue weighted by Crippen LogP contribution is 2.51. The van der Waals surface area contributed by atoms with Crippen molar-refractivity contribution in [1.82, 2.24) is 4.98 Å². The summed E-state index contributed by atoms with van der Waals surface area (Å²) in [6.45, 7) is 0.561. The van der Waals surface area contributed by atoms with E-state index < -0.39 is 0 Å². The third kappa shape index (κ3) is 2.49. The number of carbonyl (C=O) groups excluding carboxylic acids is 1. The second-order valence-electron chi connectivity index (χ2n) is 7.46. The van der Waals surface area contributed by atoms with E-state index in [9.17, 15) is 9.18 Å². The molecule has 2 aliphatic rings. The van der Waals surface area contributed by atoms with Crippen LogP contribution >= 0.6 is 0 Å². The van der Waals surface area contributed by atoms with Crippen molar-refractivity contribution in [3.05, 3.63) is 72.0 Å². The maximum atomic E-state index is 14.7. The molecule has 4 nitrogen and oxygen atoms in total. The molecule has 2 aromatic carbocycles. The van der Waals surface area contributed by atoms with Gasteiger partial charge in [-0.05, 0) is 37.1 Å². The third-order valence-corrected chi connectivity index (χ3v) is 5.93. The molecule has 0 atom stereocenters. The normalized spacial score (nSPS) is 17.4. The number of amides is 1. The van der Waals surface area contributed by atoms with Crippen molar-refractivity contribution in [2.24, 2.45) is 0 Å². The molecule has 1 fully saturated rings. The zero-order valence-corrected chi connectivity index (χ0v) is 14.8. The van der Waals surface area contributed by atoms with Gasteiger partial charge in [-0.3, -0.25) is 4.79 Å². The number of halogens is 1. The van der Waals surface area contributed by atoms with Crippen LogP contribution in [0.2, 0.25) is 0 Å². The topological polar surface area (TPSA) is 46.3 Å². The van der Waals surface area contributed by atoms with Gasteiger partial charge >= 0.3 is 0 Å². The van der Waals surface area contributed by atoms with E-state index in [1.54, 1.807) is 29.3 Å². The number of oxazole rings is 1. The second kappa shape index (κ2) is 6.05. The van der Waals surface area contributed by atoms with Gasteiger partial charge in [0.25, 0.3) is 5.91 Å². The van der Waals surface area contributed by atoms with Crippen molar-refractivity contribution in [3.8, 4) is 11.3 Å². The SMILES string of the molecule is O=C(c1ccc(-c2cnco2)cc1)N1CC2(CCCC2)c2c(F)cccc21. The molecule has 1 amide bonds. The second-order valence-corrected chi connectivity index (χ2v) is 7.46. The first-order valence-electron chi connectivity index (χ1n) is 9.28. The van der Waals surface area contributed by atoms with E-state index in [4.69, 9.17) is 4.42 Å². The number of nitrogens with zero attached hydrogens (tertiary/aromatic N) is 2. The summed E-state index contributed by atoms with van der Waals surface area (Å²) in [5, 5.41) is 0. The molecule has 1 saturated carbocycles. The Kier molecular flexibility index (Phi) is 3.64. The van der Waals surface area contributed by atoms with Crippen LogP contribution in [0, 0.1) is 5.82 Å². The van der Waals surface area contributed by atoms with Crippen LogP contribution in [0.5, 0.6) is 0 Å². The molecule has 0 bridgehead atoms. The molecule has 5 heteroatoms. The maximum absolute atomic E-state index is 14.7. The zero-order chi connectivity index (χ0) is 18.4. The van der Waals surface area contributed by atoms with Gasteiger partial charge in [-0.1, -0.05) is 31.0 Å². The number of carbonyl (C=O) groups is 1. The Morgan fingerprint density at radius 2 is 1.89 bits per heavy atom. The summed E-state index contributed by atoms with van der Waals surface area (Å²) >= 11 is 0. The van der Waals surface area contributed by atoms with Gasteiger partial charge in [-0.2, -0.15) is 0 Å². The predicted molar refractivity (Wildman–Crippen MR) is 100 cm³/mol. The highest BCUT2D eigenvalue weighted by molar-refractivity contribution is 6.08. The van der Waals surface area contributed by atoms with E-state index in [2.05, 4.69) is 4.98 Å². The van der Waals surface area contributed by atoms with Gasteiger partial charge in [-0.25, -0.2) is 9.37 Å². The van der Waals surface area contributed by atoms with Gasteiger partial charge < -0.3 is 9.32 Å². The molecular formula is C22H19FN2O2. The Balaban J connectivity index is 1.50. The number of fused-ring (bicyclic) bond motifs is 2. The number of aromatic nitrogens is 1. The molecule has 0 N–H and O–H groups in total. The monoisotopic (exact) mass is 362 g/mol. The fraction of sp³-hybridized carbons (Fsp3) is 0.273. The minimum absolute atomic E-state index is 0.0882. The predicted octanol–water partition coefficient (Wildman–Crippen LogP) is 4.95. The quantitative estimate of drug-likeness (QED) is 0.648. The van der Waals surface area contributed by atoms with Crippen LogP contribution in [-0.4, -0.2) is 17.4 Å². The van der Waals surface area contributed by atoms with Crippen molar-refractivity contribution in [1.29, 1.82) is 0 Å². The zero-order valence-electron chi connectivity index (χ0n) is 14.8. The molecule has 2 heterocycles. The Morgan fingerprint density at radius 1 is 1.11 bits per heavy atom. The molecule has 1 aliphatic carbocycles. The van der Waals surface area contributed by atoms with Crippen LogP contribution in [0.4, 0.5) is 10.1 Å². The van der Waals surface area contributed by atoms with Gasteiger partial charge in [0.15, 0.2) is 12.2 Å². The first-order valence-corrected chi connectivity index (χ1v) is 9.28. The van der Waals surface area contributed by atoms with Crippen molar-refractivity contribution in [3.63, 3.8) is 0 Å². The van der Waals surface area contributed by atoms with Crippen LogP contribution in [0.1, 0.15) is 41.6 Å². The van der Waals surface area contributed by atoms with Gasteiger partial charge in [0, 0.05) is 28.7 Å². The fourth-order valence-electron chi connectivity index (χ4n) is 4.66. The minimum Gasteiger partial charge on any atom is -0.444 e. The third-order valence-electron chi connectivity index (χ3n) is 5.93. The summed E-state index contributed by atoms with van der Waals surface area (Å²) in [6, 6.07) is 12.3. The largest absolute Gasteiger partial charge is 0.444 e. The number of hydrogen-bond acceptors (Lipinski definition) is 3. The molecule has 27 heavy (non-hydrogen) atoms. The molecule has 0 saturated heterocycles. The van der Waals surface area contributed by atoms with Crippen LogP contribution < -0.4 is 4.90 Å². The van der Waals surface area contributed by atoms with E-state index >= 15 is 0 Å². The molecule has 1 aliphatic heterocycles. The highest BCUT2D eigenvalue weighted by atomic mass is 19.1. The van der Waals surface area contributed by atoms with Crippen molar-refractivity contribution in [2.75, 3.05) is 11.4 Å². The summed E-state index contributed by atoms with van der Waals surface area (Å²) < 4.78 is 20.0. The Labute approximate surface area is 156 Å². The number of anilines is 1. The van der Waals surface area contributed by atoms with E-state index in [0.29, 0.717) is 17.9 Å². The molecule has 0 unspecified atom stereocenters. The lowest BCUT2D eigenvalue weighted by Crippen LogP contribution is -2.35. The lowest BCUT2D eigenvalue weighted by atomic mass is 9.80. The van der Waals surface area contributed by atoms with Crippen LogP contribution in [0.3, 0.4) is 0 Å². The van der Waals surface area contributed by atoms with Crippen molar-refractivity contribution >= 4 is 11.6 Å². The smallest absolute Gasteiger partial charge is 0.258 e. The first-order chi connectivity index (χ1) is 13.2. The van der Waals surface area contributed by atoms with E-state index in [0.717, 1.165) is 42.5 Å². The number of benzene rings is 2. The Bertz CT molecular complexity index is 990. The molecule has 136 valence electrons. The van der Waals surface area contributed by atoms with Crippen LogP contribution in [-0.2, 0) is 5.41 Å². The van der Waals surface area contributed by atoms with E-state index in [-0.39, 0.29) is 17.1 Å². The molecule has 1 aromatic heterocycles. The highest BCUT2D eigenvalue weighted by Gasteiger charge is 2.48. The average molecular weight is 362 g/mol. The van der Waals surface area contributed by atoms with Crippen molar-refractivity contribution in [2.45, 2.75) is 31.1 Å². The van der Waals surface area contributed by atoms with Crippen molar-refractivity contribution < 1.29 is 13.6 Å². The molecule has 1 spiro atoms.